The minimum Gasteiger partial charge on any atom is -0.481 e. The number of hydrogen-bond donors (Lipinski definition) is 1. The Morgan fingerprint density at radius 1 is 1.16 bits per heavy atom. The van der Waals surface area contributed by atoms with E-state index in [2.05, 4.69) is 26.2 Å². The number of carbonyl (C=O) groups is 1. The van der Waals surface area contributed by atoms with Crippen LogP contribution in [0.2, 0.25) is 0 Å². The summed E-state index contributed by atoms with van der Waals surface area (Å²) in [5.74, 6) is 0.445. The molecule has 0 aliphatic carbocycles. The van der Waals surface area contributed by atoms with Gasteiger partial charge in [-0.3, -0.25) is 10.1 Å². The second-order valence-electron chi connectivity index (χ2n) is 5.61. The molecule has 0 aliphatic rings. The van der Waals surface area contributed by atoms with Crippen molar-refractivity contribution in [1.82, 2.24) is 4.98 Å². The third kappa shape index (κ3) is 4.67. The molecule has 3 aromatic rings. The highest BCUT2D eigenvalue weighted by Gasteiger charge is 2.16. The zero-order valence-corrected chi connectivity index (χ0v) is 16.2. The molecular formula is C19H17BrN2O2S. The Morgan fingerprint density at radius 3 is 2.52 bits per heavy atom. The van der Waals surface area contributed by atoms with Gasteiger partial charge in [0.2, 0.25) is 0 Å². The highest BCUT2D eigenvalue weighted by Crippen LogP contribution is 2.26. The van der Waals surface area contributed by atoms with Gasteiger partial charge in [0.05, 0.1) is 5.69 Å². The number of aryl methyl sites for hydroxylation is 1. The van der Waals surface area contributed by atoms with Crippen molar-refractivity contribution in [2.24, 2.45) is 0 Å². The second-order valence-corrected chi connectivity index (χ2v) is 7.38. The molecule has 1 amide bonds. The van der Waals surface area contributed by atoms with Crippen LogP contribution in [0.3, 0.4) is 0 Å². The standard InChI is InChI=1S/C19H17BrN2O2S/c1-12-3-9-16(10-4-12)24-13(2)18(23)22-19-21-17(11-25-19)14-5-7-15(20)8-6-14/h3-11,13H,1-2H3,(H,21,22,23). The zero-order chi connectivity index (χ0) is 17.8. The lowest BCUT2D eigenvalue weighted by Gasteiger charge is -2.13. The summed E-state index contributed by atoms with van der Waals surface area (Å²) in [6.07, 6.45) is -0.609. The lowest BCUT2D eigenvalue weighted by Crippen LogP contribution is -2.30. The molecule has 1 N–H and O–H groups in total. The van der Waals surface area contributed by atoms with Gasteiger partial charge < -0.3 is 4.74 Å². The molecule has 6 heteroatoms. The van der Waals surface area contributed by atoms with Crippen LogP contribution in [0.25, 0.3) is 11.3 Å². The van der Waals surface area contributed by atoms with Gasteiger partial charge >= 0.3 is 0 Å². The van der Waals surface area contributed by atoms with Crippen LogP contribution in [-0.2, 0) is 4.79 Å². The monoisotopic (exact) mass is 416 g/mol. The summed E-state index contributed by atoms with van der Waals surface area (Å²) in [5.41, 5.74) is 2.98. The van der Waals surface area contributed by atoms with E-state index < -0.39 is 6.10 Å². The quantitative estimate of drug-likeness (QED) is 0.614. The Kier molecular flexibility index (Phi) is 5.50. The van der Waals surface area contributed by atoms with Crippen LogP contribution in [0, 0.1) is 6.92 Å². The van der Waals surface area contributed by atoms with Crippen LogP contribution in [0.15, 0.2) is 58.4 Å². The molecule has 1 unspecified atom stereocenters. The van der Waals surface area contributed by atoms with Crippen molar-refractivity contribution in [3.8, 4) is 17.0 Å². The first kappa shape index (κ1) is 17.6. The smallest absolute Gasteiger partial charge is 0.266 e. The van der Waals surface area contributed by atoms with Crippen LogP contribution in [0.1, 0.15) is 12.5 Å². The molecule has 4 nitrogen and oxygen atoms in total. The number of nitrogens with zero attached hydrogens (tertiary/aromatic N) is 1. The maximum absolute atomic E-state index is 12.3. The van der Waals surface area contributed by atoms with E-state index >= 15 is 0 Å². The molecule has 128 valence electrons. The Labute approximate surface area is 159 Å². The van der Waals surface area contributed by atoms with Gasteiger partial charge in [-0.05, 0) is 38.1 Å². The fourth-order valence-electron chi connectivity index (χ4n) is 2.17. The number of halogens is 1. The maximum Gasteiger partial charge on any atom is 0.266 e. The van der Waals surface area contributed by atoms with Crippen molar-refractivity contribution in [2.45, 2.75) is 20.0 Å². The van der Waals surface area contributed by atoms with E-state index in [1.54, 1.807) is 6.92 Å². The van der Waals surface area contributed by atoms with Crippen LogP contribution in [0.4, 0.5) is 5.13 Å². The first-order valence-electron chi connectivity index (χ1n) is 7.77. The lowest BCUT2D eigenvalue weighted by molar-refractivity contribution is -0.122. The third-order valence-corrected chi connectivity index (χ3v) is 4.86. The topological polar surface area (TPSA) is 51.2 Å². The van der Waals surface area contributed by atoms with Crippen molar-refractivity contribution in [1.29, 1.82) is 0 Å². The van der Waals surface area contributed by atoms with Crippen LogP contribution in [0.5, 0.6) is 5.75 Å². The van der Waals surface area contributed by atoms with E-state index in [-0.39, 0.29) is 5.91 Å². The number of rotatable bonds is 5. The van der Waals surface area contributed by atoms with Gasteiger partial charge in [-0.15, -0.1) is 11.3 Å². The molecular weight excluding hydrogens is 400 g/mol. The van der Waals surface area contributed by atoms with Crippen molar-refractivity contribution in [3.05, 3.63) is 63.9 Å². The summed E-state index contributed by atoms with van der Waals surface area (Å²) >= 11 is 4.81. The van der Waals surface area contributed by atoms with E-state index in [4.69, 9.17) is 4.74 Å². The number of amides is 1. The summed E-state index contributed by atoms with van der Waals surface area (Å²) in [7, 11) is 0. The minimum absolute atomic E-state index is 0.225. The predicted octanol–water partition coefficient (Wildman–Crippen LogP) is 5.29. The number of benzene rings is 2. The van der Waals surface area contributed by atoms with Crippen LogP contribution in [-0.4, -0.2) is 17.0 Å². The largest absolute Gasteiger partial charge is 0.481 e. The normalized spacial score (nSPS) is 11.8. The third-order valence-electron chi connectivity index (χ3n) is 3.58. The van der Waals surface area contributed by atoms with Crippen molar-refractivity contribution >= 4 is 38.3 Å². The van der Waals surface area contributed by atoms with Gasteiger partial charge in [-0.2, -0.15) is 0 Å². The van der Waals surface area contributed by atoms with E-state index in [0.29, 0.717) is 10.9 Å². The van der Waals surface area contributed by atoms with Crippen molar-refractivity contribution in [2.75, 3.05) is 5.32 Å². The number of anilines is 1. The number of carbonyl (C=O) groups excluding carboxylic acids is 1. The van der Waals surface area contributed by atoms with Gasteiger partial charge in [0.1, 0.15) is 5.75 Å². The number of hydrogen-bond acceptors (Lipinski definition) is 4. The summed E-state index contributed by atoms with van der Waals surface area (Å²) < 4.78 is 6.68. The van der Waals surface area contributed by atoms with Crippen LogP contribution >= 0.6 is 27.3 Å². The molecule has 0 saturated heterocycles. The fourth-order valence-corrected chi connectivity index (χ4v) is 3.15. The molecule has 1 aromatic heterocycles. The fraction of sp³-hybridized carbons (Fsp3) is 0.158. The van der Waals surface area contributed by atoms with Gasteiger partial charge in [-0.1, -0.05) is 45.8 Å². The minimum atomic E-state index is -0.609. The maximum atomic E-state index is 12.3. The summed E-state index contributed by atoms with van der Waals surface area (Å²) in [6.45, 7) is 3.73. The molecule has 0 saturated carbocycles. The average Bonchev–Trinajstić information content (AvgIpc) is 3.06. The molecule has 0 radical (unpaired) electrons. The molecule has 0 aliphatic heterocycles. The van der Waals surface area contributed by atoms with Gasteiger partial charge in [0.25, 0.3) is 5.91 Å². The summed E-state index contributed by atoms with van der Waals surface area (Å²) in [5, 5.41) is 5.29. The molecule has 1 heterocycles. The van der Waals surface area contributed by atoms with E-state index in [1.807, 2.05) is 60.8 Å². The molecule has 0 fully saturated rings. The first-order chi connectivity index (χ1) is 12.0. The Balaban J connectivity index is 1.62. The average molecular weight is 417 g/mol. The van der Waals surface area contributed by atoms with E-state index in [0.717, 1.165) is 21.3 Å². The van der Waals surface area contributed by atoms with Gasteiger partial charge in [-0.25, -0.2) is 4.98 Å². The summed E-state index contributed by atoms with van der Waals surface area (Å²) in [4.78, 5) is 16.8. The lowest BCUT2D eigenvalue weighted by atomic mass is 10.2. The molecule has 25 heavy (non-hydrogen) atoms. The predicted molar refractivity (Wildman–Crippen MR) is 105 cm³/mol. The molecule has 0 spiro atoms. The van der Waals surface area contributed by atoms with E-state index in [1.165, 1.54) is 11.3 Å². The van der Waals surface area contributed by atoms with Gasteiger partial charge in [0, 0.05) is 15.4 Å². The number of nitrogens with one attached hydrogen (secondary N) is 1. The first-order valence-corrected chi connectivity index (χ1v) is 9.44. The molecule has 0 bridgehead atoms. The summed E-state index contributed by atoms with van der Waals surface area (Å²) in [6, 6.07) is 15.5. The molecule has 3 rings (SSSR count). The Bertz CT molecular complexity index is 860. The van der Waals surface area contributed by atoms with Gasteiger partial charge in [0.15, 0.2) is 11.2 Å². The van der Waals surface area contributed by atoms with E-state index in [9.17, 15) is 4.79 Å². The SMILES string of the molecule is Cc1ccc(OC(C)C(=O)Nc2nc(-c3ccc(Br)cc3)cs2)cc1. The Hall–Kier alpha value is -2.18. The van der Waals surface area contributed by atoms with Crippen LogP contribution < -0.4 is 10.1 Å². The number of thiazole rings is 1. The zero-order valence-electron chi connectivity index (χ0n) is 13.8. The number of ether oxygens (including phenoxy) is 1. The number of aromatic nitrogens is 1. The highest BCUT2D eigenvalue weighted by atomic mass is 79.9. The molecule has 1 atom stereocenters. The molecule has 2 aromatic carbocycles. The second kappa shape index (κ2) is 7.80. The van der Waals surface area contributed by atoms with Crippen molar-refractivity contribution < 1.29 is 9.53 Å². The highest BCUT2D eigenvalue weighted by molar-refractivity contribution is 9.10. The van der Waals surface area contributed by atoms with Crippen molar-refractivity contribution in [3.63, 3.8) is 0 Å². The Morgan fingerprint density at radius 2 is 1.84 bits per heavy atom.